The fraction of sp³-hybridized carbons (Fsp3) is 0.500. The first-order chi connectivity index (χ1) is 8.62. The van der Waals surface area contributed by atoms with E-state index in [4.69, 9.17) is 5.84 Å². The Morgan fingerprint density at radius 2 is 2.17 bits per heavy atom. The Morgan fingerprint density at radius 1 is 1.50 bits per heavy atom. The summed E-state index contributed by atoms with van der Waals surface area (Å²) in [5.74, 6) is 6.06. The van der Waals surface area contributed by atoms with Gasteiger partial charge in [0.2, 0.25) is 11.9 Å². The number of carbonyl (C=O) groups excluding carboxylic acids is 1. The Hall–Kier alpha value is -1.41. The van der Waals surface area contributed by atoms with Crippen LogP contribution in [0.4, 0.5) is 11.8 Å². The Labute approximate surface area is 114 Å². The molecule has 0 aliphatic rings. The highest BCUT2D eigenvalue weighted by Gasteiger charge is 2.11. The number of likely N-dealkylation sites (N-methyl/N-ethyl adjacent to an activating group) is 1. The van der Waals surface area contributed by atoms with E-state index in [-0.39, 0.29) is 18.4 Å². The van der Waals surface area contributed by atoms with Crippen LogP contribution in [-0.4, -0.2) is 40.4 Å². The number of nitrogen functional groups attached to an aromatic ring is 1. The van der Waals surface area contributed by atoms with Crippen molar-refractivity contribution in [1.82, 2.24) is 14.9 Å². The molecule has 0 saturated carbocycles. The summed E-state index contributed by atoms with van der Waals surface area (Å²) in [6, 6.07) is 0. The maximum absolute atomic E-state index is 11.8. The van der Waals surface area contributed by atoms with Crippen LogP contribution in [0.2, 0.25) is 0 Å². The van der Waals surface area contributed by atoms with Gasteiger partial charge in [0.1, 0.15) is 5.82 Å². The monoisotopic (exact) mass is 316 g/mol. The van der Waals surface area contributed by atoms with Gasteiger partial charge >= 0.3 is 0 Å². The Balaban J connectivity index is 2.65. The fourth-order valence-corrected chi connectivity index (χ4v) is 1.74. The number of anilines is 2. The van der Waals surface area contributed by atoms with Crippen LogP contribution < -0.4 is 16.6 Å². The zero-order valence-corrected chi connectivity index (χ0v) is 12.0. The first-order valence-corrected chi connectivity index (χ1v) is 6.42. The van der Waals surface area contributed by atoms with Gasteiger partial charge in [0, 0.05) is 19.3 Å². The third-order valence-corrected chi connectivity index (χ3v) is 2.98. The van der Waals surface area contributed by atoms with Crippen molar-refractivity contribution in [3.8, 4) is 0 Å². The molecule has 0 aliphatic carbocycles. The average molecular weight is 317 g/mol. The minimum Gasteiger partial charge on any atom is -0.360 e. The number of halogens is 1. The summed E-state index contributed by atoms with van der Waals surface area (Å²) >= 11 is 3.30. The second-order valence-electron chi connectivity index (χ2n) is 3.45. The number of hydrazine groups is 1. The highest BCUT2D eigenvalue weighted by Crippen LogP contribution is 2.19. The molecule has 1 amide bonds. The van der Waals surface area contributed by atoms with Crippen molar-refractivity contribution in [3.63, 3.8) is 0 Å². The van der Waals surface area contributed by atoms with E-state index in [2.05, 4.69) is 36.6 Å². The van der Waals surface area contributed by atoms with Crippen molar-refractivity contribution >= 4 is 33.6 Å². The molecule has 1 aromatic heterocycles. The molecule has 1 aromatic rings. The topological polar surface area (TPSA) is 96.2 Å². The van der Waals surface area contributed by atoms with Crippen LogP contribution in [0, 0.1) is 0 Å². The minimum atomic E-state index is 0.0211. The molecular weight excluding hydrogens is 300 g/mol. The second-order valence-corrected chi connectivity index (χ2v) is 4.31. The number of amides is 1. The van der Waals surface area contributed by atoms with Crippen molar-refractivity contribution in [3.05, 3.63) is 10.7 Å². The lowest BCUT2D eigenvalue weighted by Gasteiger charge is -2.19. The van der Waals surface area contributed by atoms with Crippen molar-refractivity contribution in [2.24, 2.45) is 5.84 Å². The first kappa shape index (κ1) is 14.7. The molecule has 0 fully saturated rings. The standard InChI is InChI=1S/C10H17BrN6O/c1-3-17(4-2)8(18)6-13-9-7(11)5-14-10(15-9)16-12/h5H,3-4,6,12H2,1-2H3,(H2,13,14,15,16). The molecule has 0 atom stereocenters. The largest absolute Gasteiger partial charge is 0.360 e. The summed E-state index contributed by atoms with van der Waals surface area (Å²) in [7, 11) is 0. The van der Waals surface area contributed by atoms with Gasteiger partial charge in [0.05, 0.1) is 11.0 Å². The summed E-state index contributed by atoms with van der Waals surface area (Å²) in [5.41, 5.74) is 2.35. The maximum atomic E-state index is 11.8. The van der Waals surface area contributed by atoms with E-state index < -0.39 is 0 Å². The predicted molar refractivity (Wildman–Crippen MR) is 74.0 cm³/mol. The number of hydrogen-bond donors (Lipinski definition) is 3. The van der Waals surface area contributed by atoms with Crippen LogP contribution in [-0.2, 0) is 4.79 Å². The quantitative estimate of drug-likeness (QED) is 0.531. The van der Waals surface area contributed by atoms with Crippen LogP contribution in [0.25, 0.3) is 0 Å². The molecule has 7 nitrogen and oxygen atoms in total. The molecule has 8 heteroatoms. The first-order valence-electron chi connectivity index (χ1n) is 5.63. The third-order valence-electron chi connectivity index (χ3n) is 2.40. The number of nitrogens with two attached hydrogens (primary N) is 1. The lowest BCUT2D eigenvalue weighted by atomic mass is 10.4. The van der Waals surface area contributed by atoms with Gasteiger partial charge in [-0.25, -0.2) is 10.8 Å². The van der Waals surface area contributed by atoms with E-state index in [1.165, 1.54) is 0 Å². The van der Waals surface area contributed by atoms with Gasteiger partial charge in [-0.1, -0.05) is 0 Å². The zero-order valence-electron chi connectivity index (χ0n) is 10.4. The van der Waals surface area contributed by atoms with Crippen molar-refractivity contribution in [1.29, 1.82) is 0 Å². The number of carbonyl (C=O) groups is 1. The van der Waals surface area contributed by atoms with Crippen molar-refractivity contribution in [2.45, 2.75) is 13.8 Å². The van der Waals surface area contributed by atoms with Crippen LogP contribution >= 0.6 is 15.9 Å². The smallest absolute Gasteiger partial charge is 0.241 e. The normalized spacial score (nSPS) is 10.0. The lowest BCUT2D eigenvalue weighted by molar-refractivity contribution is -0.128. The maximum Gasteiger partial charge on any atom is 0.241 e. The highest BCUT2D eigenvalue weighted by atomic mass is 79.9. The summed E-state index contributed by atoms with van der Waals surface area (Å²) < 4.78 is 0.675. The molecule has 0 bridgehead atoms. The van der Waals surface area contributed by atoms with E-state index >= 15 is 0 Å². The van der Waals surface area contributed by atoms with Gasteiger partial charge in [0.25, 0.3) is 0 Å². The Bertz CT molecular complexity index is 409. The molecule has 100 valence electrons. The lowest BCUT2D eigenvalue weighted by Crippen LogP contribution is -2.35. The third kappa shape index (κ3) is 3.81. The Morgan fingerprint density at radius 3 is 2.72 bits per heavy atom. The Kier molecular flexibility index (Phi) is 5.79. The van der Waals surface area contributed by atoms with Gasteiger partial charge in [0.15, 0.2) is 0 Å². The van der Waals surface area contributed by atoms with Crippen molar-refractivity contribution in [2.75, 3.05) is 30.4 Å². The van der Waals surface area contributed by atoms with E-state index in [1.807, 2.05) is 13.8 Å². The summed E-state index contributed by atoms with van der Waals surface area (Å²) in [6.45, 7) is 5.45. The molecule has 0 unspecified atom stereocenters. The molecule has 1 heterocycles. The summed E-state index contributed by atoms with van der Waals surface area (Å²) in [5, 5.41) is 2.95. The van der Waals surface area contributed by atoms with Crippen molar-refractivity contribution < 1.29 is 4.79 Å². The highest BCUT2D eigenvalue weighted by molar-refractivity contribution is 9.10. The zero-order chi connectivity index (χ0) is 13.5. The number of hydrogen-bond acceptors (Lipinski definition) is 6. The second kappa shape index (κ2) is 7.12. The number of rotatable bonds is 6. The molecule has 18 heavy (non-hydrogen) atoms. The van der Waals surface area contributed by atoms with Gasteiger partial charge in [-0.05, 0) is 29.8 Å². The van der Waals surface area contributed by atoms with Gasteiger partial charge in [-0.15, -0.1) is 0 Å². The molecule has 0 aromatic carbocycles. The van der Waals surface area contributed by atoms with Gasteiger partial charge in [-0.2, -0.15) is 4.98 Å². The predicted octanol–water partition coefficient (Wildman–Crippen LogP) is 0.805. The van der Waals surface area contributed by atoms with Gasteiger partial charge < -0.3 is 10.2 Å². The summed E-state index contributed by atoms with van der Waals surface area (Å²) in [6.07, 6.45) is 1.56. The van der Waals surface area contributed by atoms with E-state index in [0.717, 1.165) is 0 Å². The molecule has 0 aliphatic heterocycles. The van der Waals surface area contributed by atoms with Gasteiger partial charge in [-0.3, -0.25) is 10.2 Å². The van der Waals surface area contributed by atoms with E-state index in [9.17, 15) is 4.79 Å². The van der Waals surface area contributed by atoms with Crippen LogP contribution in [0.5, 0.6) is 0 Å². The molecular formula is C10H17BrN6O. The average Bonchev–Trinajstić information content (AvgIpc) is 2.39. The minimum absolute atomic E-state index is 0.0211. The van der Waals surface area contributed by atoms with Crippen LogP contribution in [0.15, 0.2) is 10.7 Å². The SMILES string of the molecule is CCN(CC)C(=O)CNc1nc(NN)ncc1Br. The van der Waals surface area contributed by atoms with E-state index in [1.54, 1.807) is 11.1 Å². The summed E-state index contributed by atoms with van der Waals surface area (Å²) in [4.78, 5) is 21.6. The van der Waals surface area contributed by atoms with Crippen LogP contribution in [0.3, 0.4) is 0 Å². The molecule has 0 saturated heterocycles. The number of aromatic nitrogens is 2. The molecule has 1 rings (SSSR count). The number of nitrogens with one attached hydrogen (secondary N) is 2. The number of nitrogens with zero attached hydrogens (tertiary/aromatic N) is 3. The molecule has 4 N–H and O–H groups in total. The van der Waals surface area contributed by atoms with Crippen LogP contribution in [0.1, 0.15) is 13.8 Å². The van der Waals surface area contributed by atoms with E-state index in [0.29, 0.717) is 23.4 Å². The fourth-order valence-electron chi connectivity index (χ4n) is 1.41. The molecule has 0 radical (unpaired) electrons. The molecule has 0 spiro atoms.